The second-order valence-corrected chi connectivity index (χ2v) is 7.66. The van der Waals surface area contributed by atoms with Crippen LogP contribution in [-0.4, -0.2) is 20.6 Å². The third-order valence-corrected chi connectivity index (χ3v) is 4.87. The van der Waals surface area contributed by atoms with Crippen LogP contribution in [0.1, 0.15) is 40.9 Å². The van der Waals surface area contributed by atoms with Crippen LogP contribution in [0.25, 0.3) is 0 Å². The Morgan fingerprint density at radius 3 is 2.09 bits per heavy atom. The smallest absolute Gasteiger partial charge is 0.251 e. The first-order chi connectivity index (χ1) is 10.8. The Bertz CT molecular complexity index is 778. The Morgan fingerprint density at radius 1 is 1.04 bits per heavy atom. The number of amides is 1. The quantitative estimate of drug-likeness (QED) is 0.914. The van der Waals surface area contributed by atoms with E-state index in [9.17, 15) is 13.2 Å². The number of hydrogen-bond acceptors (Lipinski definition) is 3. The summed E-state index contributed by atoms with van der Waals surface area (Å²) in [5.74, 6) is -0.211. The third-order valence-electron chi connectivity index (χ3n) is 3.74. The zero-order valence-electron chi connectivity index (χ0n) is 13.5. The molecule has 0 bridgehead atoms. The molecule has 2 aromatic rings. The third kappa shape index (κ3) is 4.42. The fourth-order valence-corrected chi connectivity index (χ4v) is 2.95. The molecule has 1 amide bonds. The summed E-state index contributed by atoms with van der Waals surface area (Å²) in [5, 5.41) is 2.99. The molecule has 1 N–H and O–H groups in total. The molecular weight excluding hydrogens is 310 g/mol. The van der Waals surface area contributed by atoms with E-state index in [4.69, 9.17) is 0 Å². The van der Waals surface area contributed by atoms with E-state index in [1.54, 1.807) is 0 Å². The largest absolute Gasteiger partial charge is 0.345 e. The molecule has 23 heavy (non-hydrogen) atoms. The van der Waals surface area contributed by atoms with Crippen LogP contribution in [0, 0.1) is 6.92 Å². The summed E-state index contributed by atoms with van der Waals surface area (Å²) in [4.78, 5) is 12.6. The van der Waals surface area contributed by atoms with Gasteiger partial charge in [-0.15, -0.1) is 0 Å². The van der Waals surface area contributed by atoms with Gasteiger partial charge in [0.2, 0.25) is 0 Å². The molecule has 0 spiro atoms. The number of carbonyl (C=O) groups excluding carboxylic acids is 1. The summed E-state index contributed by atoms with van der Waals surface area (Å²) in [6, 6.07) is 14.0. The maximum atomic E-state index is 12.4. The fraction of sp³-hybridized carbons (Fsp3) is 0.278. The summed E-state index contributed by atoms with van der Waals surface area (Å²) in [6.45, 7) is 4.03. The molecule has 4 nitrogen and oxygen atoms in total. The second-order valence-electron chi connectivity index (χ2n) is 5.64. The van der Waals surface area contributed by atoms with Gasteiger partial charge in [-0.05, 0) is 43.2 Å². The van der Waals surface area contributed by atoms with Gasteiger partial charge in [0.15, 0.2) is 9.84 Å². The highest BCUT2D eigenvalue weighted by atomic mass is 32.2. The molecule has 2 rings (SSSR count). The molecule has 5 heteroatoms. The van der Waals surface area contributed by atoms with Gasteiger partial charge in [-0.1, -0.05) is 36.8 Å². The van der Waals surface area contributed by atoms with Gasteiger partial charge in [-0.2, -0.15) is 0 Å². The number of aryl methyl sites for hydroxylation is 1. The topological polar surface area (TPSA) is 63.2 Å². The Kier molecular flexibility index (Phi) is 5.21. The summed E-state index contributed by atoms with van der Waals surface area (Å²) >= 11 is 0. The van der Waals surface area contributed by atoms with E-state index in [0.29, 0.717) is 5.56 Å². The molecule has 0 aromatic heterocycles. The van der Waals surface area contributed by atoms with Crippen LogP contribution in [0.4, 0.5) is 0 Å². The molecule has 0 saturated carbocycles. The monoisotopic (exact) mass is 331 g/mol. The minimum Gasteiger partial charge on any atom is -0.345 e. The second kappa shape index (κ2) is 6.96. The van der Waals surface area contributed by atoms with Crippen molar-refractivity contribution in [3.63, 3.8) is 0 Å². The zero-order valence-corrected chi connectivity index (χ0v) is 14.4. The predicted octanol–water partition coefficient (Wildman–Crippen LogP) is 3.28. The fourth-order valence-electron chi connectivity index (χ4n) is 2.31. The molecule has 0 saturated heterocycles. The number of benzene rings is 2. The van der Waals surface area contributed by atoms with Crippen molar-refractivity contribution in [1.29, 1.82) is 0 Å². The van der Waals surface area contributed by atoms with Gasteiger partial charge in [-0.25, -0.2) is 8.42 Å². The minimum atomic E-state index is -3.25. The van der Waals surface area contributed by atoms with Crippen molar-refractivity contribution in [2.75, 3.05) is 6.26 Å². The molecule has 122 valence electrons. The van der Waals surface area contributed by atoms with Crippen LogP contribution in [0.15, 0.2) is 53.4 Å². The lowest BCUT2D eigenvalue weighted by Gasteiger charge is -2.18. The molecule has 1 atom stereocenters. The molecule has 0 aliphatic rings. The number of sulfone groups is 1. The molecule has 0 aliphatic carbocycles. The molecule has 0 radical (unpaired) electrons. The van der Waals surface area contributed by atoms with E-state index >= 15 is 0 Å². The first kappa shape index (κ1) is 17.2. The molecule has 0 fully saturated rings. The number of nitrogens with one attached hydrogen (secondary N) is 1. The molecule has 0 unspecified atom stereocenters. The van der Waals surface area contributed by atoms with Crippen LogP contribution in [0.3, 0.4) is 0 Å². The lowest BCUT2D eigenvalue weighted by molar-refractivity contribution is 0.0935. The first-order valence-corrected chi connectivity index (χ1v) is 9.38. The van der Waals surface area contributed by atoms with E-state index < -0.39 is 9.84 Å². The van der Waals surface area contributed by atoms with Gasteiger partial charge < -0.3 is 5.32 Å². The summed E-state index contributed by atoms with van der Waals surface area (Å²) in [7, 11) is -3.25. The van der Waals surface area contributed by atoms with Crippen LogP contribution >= 0.6 is 0 Å². The SMILES string of the molecule is CC[C@@H](NC(=O)c1ccc(S(C)(=O)=O)cc1)c1ccc(C)cc1. The van der Waals surface area contributed by atoms with E-state index in [0.717, 1.165) is 18.2 Å². The summed E-state index contributed by atoms with van der Waals surface area (Å²) in [6.07, 6.45) is 1.92. The van der Waals surface area contributed by atoms with Gasteiger partial charge >= 0.3 is 0 Å². The molecule has 0 aliphatic heterocycles. The van der Waals surface area contributed by atoms with Crippen molar-refractivity contribution in [2.45, 2.75) is 31.2 Å². The van der Waals surface area contributed by atoms with Gasteiger partial charge in [0.05, 0.1) is 10.9 Å². The van der Waals surface area contributed by atoms with Gasteiger partial charge in [0, 0.05) is 11.8 Å². The number of hydrogen-bond donors (Lipinski definition) is 1. The van der Waals surface area contributed by atoms with Crippen LogP contribution in [0.5, 0.6) is 0 Å². The first-order valence-electron chi connectivity index (χ1n) is 7.49. The van der Waals surface area contributed by atoms with Crippen molar-refractivity contribution < 1.29 is 13.2 Å². The van der Waals surface area contributed by atoms with Gasteiger partial charge in [-0.3, -0.25) is 4.79 Å². The van der Waals surface area contributed by atoms with Gasteiger partial charge in [0.1, 0.15) is 0 Å². The van der Waals surface area contributed by atoms with E-state index in [2.05, 4.69) is 5.32 Å². The molecule has 0 heterocycles. The minimum absolute atomic E-state index is 0.0716. The highest BCUT2D eigenvalue weighted by molar-refractivity contribution is 7.90. The van der Waals surface area contributed by atoms with Crippen molar-refractivity contribution in [3.05, 3.63) is 65.2 Å². The van der Waals surface area contributed by atoms with Crippen molar-refractivity contribution in [3.8, 4) is 0 Å². The maximum absolute atomic E-state index is 12.4. The van der Waals surface area contributed by atoms with Crippen LogP contribution < -0.4 is 5.32 Å². The van der Waals surface area contributed by atoms with E-state index in [1.165, 1.54) is 29.8 Å². The van der Waals surface area contributed by atoms with Crippen LogP contribution in [-0.2, 0) is 9.84 Å². The number of carbonyl (C=O) groups is 1. The summed E-state index contributed by atoms with van der Waals surface area (Å²) < 4.78 is 22.9. The van der Waals surface area contributed by atoms with Crippen molar-refractivity contribution in [2.24, 2.45) is 0 Å². The average Bonchev–Trinajstić information content (AvgIpc) is 2.52. The predicted molar refractivity (Wildman–Crippen MR) is 91.2 cm³/mol. The number of rotatable bonds is 5. The Labute approximate surface area is 137 Å². The van der Waals surface area contributed by atoms with Crippen molar-refractivity contribution >= 4 is 15.7 Å². The Hall–Kier alpha value is -2.14. The lowest BCUT2D eigenvalue weighted by atomic mass is 10.0. The standard InChI is InChI=1S/C18H21NO3S/c1-4-17(14-7-5-13(2)6-8-14)19-18(20)15-9-11-16(12-10-15)23(3,21)22/h5-12,17H,4H2,1-3H3,(H,19,20)/t17-/m1/s1. The van der Waals surface area contributed by atoms with Gasteiger partial charge in [0.25, 0.3) is 5.91 Å². The molecular formula is C18H21NO3S. The van der Waals surface area contributed by atoms with E-state index in [1.807, 2.05) is 38.1 Å². The maximum Gasteiger partial charge on any atom is 0.251 e. The summed E-state index contributed by atoms with van der Waals surface area (Å²) in [5.41, 5.74) is 2.67. The highest BCUT2D eigenvalue weighted by Gasteiger charge is 2.15. The van der Waals surface area contributed by atoms with Crippen molar-refractivity contribution in [1.82, 2.24) is 5.32 Å². The van der Waals surface area contributed by atoms with E-state index in [-0.39, 0.29) is 16.8 Å². The normalized spacial score (nSPS) is 12.7. The molecule has 2 aromatic carbocycles. The highest BCUT2D eigenvalue weighted by Crippen LogP contribution is 2.18. The Balaban J connectivity index is 2.15. The lowest BCUT2D eigenvalue weighted by Crippen LogP contribution is -2.28. The average molecular weight is 331 g/mol. The van der Waals surface area contributed by atoms with Crippen LogP contribution in [0.2, 0.25) is 0 Å². The Morgan fingerprint density at radius 2 is 1.61 bits per heavy atom. The zero-order chi connectivity index (χ0) is 17.0.